The van der Waals surface area contributed by atoms with Crippen LogP contribution in [0.1, 0.15) is 57.9 Å². The molecule has 0 aromatic heterocycles. The van der Waals surface area contributed by atoms with Gasteiger partial charge in [0.1, 0.15) is 5.75 Å². The van der Waals surface area contributed by atoms with E-state index in [0.29, 0.717) is 12.1 Å². The van der Waals surface area contributed by atoms with E-state index in [1.807, 2.05) is 6.07 Å². The molecular formula is C21H34N2O2. The summed E-state index contributed by atoms with van der Waals surface area (Å²) in [5, 5.41) is 14.0. The molecule has 3 rings (SSSR count). The zero-order valence-electron chi connectivity index (χ0n) is 15.8. The van der Waals surface area contributed by atoms with E-state index in [1.54, 1.807) is 0 Å². The van der Waals surface area contributed by atoms with Crippen LogP contribution in [0.5, 0.6) is 5.75 Å². The summed E-state index contributed by atoms with van der Waals surface area (Å²) < 4.78 is 5.78. The molecule has 4 heteroatoms. The molecule has 2 aliphatic rings. The Kier molecular flexibility index (Phi) is 6.74. The van der Waals surface area contributed by atoms with E-state index in [9.17, 15) is 5.11 Å². The van der Waals surface area contributed by atoms with Gasteiger partial charge in [-0.15, -0.1) is 0 Å². The lowest BCUT2D eigenvalue weighted by Gasteiger charge is -2.41. The van der Waals surface area contributed by atoms with Gasteiger partial charge in [0.25, 0.3) is 0 Å². The number of ether oxygens (including phenoxy) is 1. The van der Waals surface area contributed by atoms with Crippen LogP contribution in [0.4, 0.5) is 0 Å². The van der Waals surface area contributed by atoms with Crippen molar-refractivity contribution >= 4 is 0 Å². The predicted molar refractivity (Wildman–Crippen MR) is 102 cm³/mol. The van der Waals surface area contributed by atoms with E-state index in [1.165, 1.54) is 37.7 Å². The molecule has 25 heavy (non-hydrogen) atoms. The van der Waals surface area contributed by atoms with Crippen LogP contribution < -0.4 is 10.1 Å². The zero-order valence-corrected chi connectivity index (χ0v) is 15.8. The van der Waals surface area contributed by atoms with Crippen molar-refractivity contribution in [1.29, 1.82) is 0 Å². The van der Waals surface area contributed by atoms with Gasteiger partial charge < -0.3 is 15.2 Å². The molecule has 1 aromatic carbocycles. The zero-order chi connectivity index (χ0) is 17.6. The van der Waals surface area contributed by atoms with Crippen LogP contribution in [-0.4, -0.2) is 47.4 Å². The van der Waals surface area contributed by atoms with E-state index in [2.05, 4.69) is 42.3 Å². The molecule has 0 amide bonds. The molecule has 140 valence electrons. The average Bonchev–Trinajstić information content (AvgIpc) is 2.61. The van der Waals surface area contributed by atoms with Crippen LogP contribution in [0.15, 0.2) is 24.3 Å². The highest BCUT2D eigenvalue weighted by Gasteiger charge is 2.31. The largest absolute Gasteiger partial charge is 0.491 e. The van der Waals surface area contributed by atoms with Gasteiger partial charge in [0.15, 0.2) is 0 Å². The molecule has 0 spiro atoms. The smallest absolute Gasteiger partial charge is 0.120 e. The molecule has 0 radical (unpaired) electrons. The van der Waals surface area contributed by atoms with Crippen molar-refractivity contribution in [3.63, 3.8) is 0 Å². The number of benzene rings is 1. The first kappa shape index (κ1) is 18.7. The molecule has 0 bridgehead atoms. The Hall–Kier alpha value is -1.10. The third-order valence-corrected chi connectivity index (χ3v) is 5.56. The fourth-order valence-corrected chi connectivity index (χ4v) is 4.22. The van der Waals surface area contributed by atoms with Crippen molar-refractivity contribution in [3.8, 4) is 5.75 Å². The molecule has 1 aliphatic heterocycles. The highest BCUT2D eigenvalue weighted by atomic mass is 16.5. The Morgan fingerprint density at radius 1 is 1.16 bits per heavy atom. The van der Waals surface area contributed by atoms with E-state index in [0.717, 1.165) is 31.8 Å². The van der Waals surface area contributed by atoms with Gasteiger partial charge in [0.2, 0.25) is 0 Å². The Bertz CT molecular complexity index is 526. The number of nitrogens with zero attached hydrogens (tertiary/aromatic N) is 1. The highest BCUT2D eigenvalue weighted by molar-refractivity contribution is 5.28. The topological polar surface area (TPSA) is 44.7 Å². The molecule has 4 nitrogen and oxygen atoms in total. The van der Waals surface area contributed by atoms with Crippen LogP contribution >= 0.6 is 0 Å². The summed E-state index contributed by atoms with van der Waals surface area (Å²) in [5.41, 5.74) is 1.28. The summed E-state index contributed by atoms with van der Waals surface area (Å²) in [4.78, 5) is 2.53. The second-order valence-electron chi connectivity index (χ2n) is 7.92. The summed E-state index contributed by atoms with van der Waals surface area (Å²) in [7, 11) is 0. The lowest BCUT2D eigenvalue weighted by atomic mass is 9.89. The summed E-state index contributed by atoms with van der Waals surface area (Å²) in [6, 6.07) is 9.37. The summed E-state index contributed by atoms with van der Waals surface area (Å²) in [6.07, 6.45) is 7.06. The number of piperidine rings is 1. The second-order valence-corrected chi connectivity index (χ2v) is 7.92. The van der Waals surface area contributed by atoms with Crippen molar-refractivity contribution in [2.75, 3.05) is 13.1 Å². The normalized spacial score (nSPS) is 26.1. The molecular weight excluding hydrogens is 312 g/mol. The molecule has 2 atom stereocenters. The number of nitrogens with one attached hydrogen (secondary N) is 1. The molecule has 1 saturated heterocycles. The Morgan fingerprint density at radius 2 is 1.92 bits per heavy atom. The van der Waals surface area contributed by atoms with Crippen molar-refractivity contribution in [1.82, 2.24) is 10.2 Å². The number of aliphatic hydroxyl groups excluding tert-OH is 1. The lowest BCUT2D eigenvalue weighted by Crippen LogP contribution is -2.51. The number of hydrogen-bond acceptors (Lipinski definition) is 4. The van der Waals surface area contributed by atoms with Crippen LogP contribution in [0.25, 0.3) is 0 Å². The fourth-order valence-electron chi connectivity index (χ4n) is 4.22. The summed E-state index contributed by atoms with van der Waals surface area (Å²) >= 11 is 0. The van der Waals surface area contributed by atoms with Crippen LogP contribution in [-0.2, 0) is 6.54 Å². The molecule has 2 fully saturated rings. The van der Waals surface area contributed by atoms with Crippen molar-refractivity contribution < 1.29 is 9.84 Å². The third kappa shape index (κ3) is 5.44. The molecule has 2 unspecified atom stereocenters. The van der Waals surface area contributed by atoms with Gasteiger partial charge >= 0.3 is 0 Å². The number of hydrogen-bond donors (Lipinski definition) is 2. The van der Waals surface area contributed by atoms with Gasteiger partial charge in [-0.2, -0.15) is 0 Å². The van der Waals surface area contributed by atoms with Crippen molar-refractivity contribution in [2.45, 2.75) is 83.2 Å². The highest BCUT2D eigenvalue weighted by Crippen LogP contribution is 2.26. The number of rotatable bonds is 6. The minimum Gasteiger partial charge on any atom is -0.491 e. The maximum Gasteiger partial charge on any atom is 0.120 e. The number of aliphatic hydroxyl groups is 1. The summed E-state index contributed by atoms with van der Waals surface area (Å²) in [5.74, 6) is 0.954. The first-order chi connectivity index (χ1) is 12.1. The molecule has 1 heterocycles. The van der Waals surface area contributed by atoms with Crippen LogP contribution in [0.2, 0.25) is 0 Å². The van der Waals surface area contributed by atoms with Crippen molar-refractivity contribution in [2.24, 2.45) is 0 Å². The van der Waals surface area contributed by atoms with Gasteiger partial charge in [-0.25, -0.2) is 0 Å². The first-order valence-electron chi connectivity index (χ1n) is 10.0. The molecule has 1 aromatic rings. The quantitative estimate of drug-likeness (QED) is 0.829. The predicted octanol–water partition coefficient (Wildman–Crippen LogP) is 3.33. The first-order valence-corrected chi connectivity index (χ1v) is 10.0. The Morgan fingerprint density at radius 3 is 2.64 bits per heavy atom. The third-order valence-electron chi connectivity index (χ3n) is 5.56. The van der Waals surface area contributed by atoms with Gasteiger partial charge in [0, 0.05) is 31.7 Å². The SMILES string of the molecule is CC(C)Oc1cccc(CNC2CCN(C3CCCCC3O)CC2)c1. The van der Waals surface area contributed by atoms with E-state index in [4.69, 9.17) is 4.74 Å². The maximum atomic E-state index is 10.3. The second kappa shape index (κ2) is 9.02. The van der Waals surface area contributed by atoms with Gasteiger partial charge in [-0.05, 0) is 57.2 Å². The summed E-state index contributed by atoms with van der Waals surface area (Å²) in [6.45, 7) is 7.22. The van der Waals surface area contributed by atoms with Crippen molar-refractivity contribution in [3.05, 3.63) is 29.8 Å². The lowest BCUT2D eigenvalue weighted by molar-refractivity contribution is 0.00714. The molecule has 2 N–H and O–H groups in total. The van der Waals surface area contributed by atoms with Crippen LogP contribution in [0, 0.1) is 0 Å². The Labute approximate surface area is 152 Å². The minimum absolute atomic E-state index is 0.109. The maximum absolute atomic E-state index is 10.3. The number of likely N-dealkylation sites (tertiary alicyclic amines) is 1. The van der Waals surface area contributed by atoms with Crippen LogP contribution in [0.3, 0.4) is 0 Å². The molecule has 1 aliphatic carbocycles. The van der Waals surface area contributed by atoms with Gasteiger partial charge in [0.05, 0.1) is 12.2 Å². The fraction of sp³-hybridized carbons (Fsp3) is 0.714. The average molecular weight is 347 g/mol. The minimum atomic E-state index is -0.109. The Balaban J connectivity index is 1.43. The van der Waals surface area contributed by atoms with E-state index < -0.39 is 0 Å². The monoisotopic (exact) mass is 346 g/mol. The van der Waals surface area contributed by atoms with E-state index >= 15 is 0 Å². The van der Waals surface area contributed by atoms with E-state index in [-0.39, 0.29) is 12.2 Å². The molecule has 1 saturated carbocycles. The standard InChI is InChI=1S/C21H34N2O2/c1-16(2)25-19-7-5-6-17(14-19)15-22-18-10-12-23(13-11-18)20-8-3-4-9-21(20)24/h5-7,14,16,18,20-22,24H,3-4,8-13,15H2,1-2H3. The van der Waals surface area contributed by atoms with Gasteiger partial charge in [-0.1, -0.05) is 25.0 Å². The van der Waals surface area contributed by atoms with Gasteiger partial charge in [-0.3, -0.25) is 4.90 Å².